The Labute approximate surface area is 115 Å². The van der Waals surface area contributed by atoms with Crippen molar-refractivity contribution in [1.29, 1.82) is 0 Å². The van der Waals surface area contributed by atoms with Gasteiger partial charge in [0.15, 0.2) is 0 Å². The van der Waals surface area contributed by atoms with Crippen LogP contribution in [0.2, 0.25) is 0 Å². The maximum absolute atomic E-state index is 14.1. The van der Waals surface area contributed by atoms with Crippen LogP contribution in [0.3, 0.4) is 0 Å². The summed E-state index contributed by atoms with van der Waals surface area (Å²) in [5.74, 6) is -0.455. The zero-order valence-electron chi connectivity index (χ0n) is 10.6. The van der Waals surface area contributed by atoms with Crippen molar-refractivity contribution >= 4 is 11.3 Å². The molecular weight excluding hydrogens is 264 g/mol. The van der Waals surface area contributed by atoms with Gasteiger partial charge in [0.25, 0.3) is 0 Å². The summed E-state index contributed by atoms with van der Waals surface area (Å²) in [7, 11) is 0. The normalized spacial score (nSPS) is 16.6. The molecule has 1 saturated carbocycles. The van der Waals surface area contributed by atoms with E-state index in [9.17, 15) is 8.78 Å². The van der Waals surface area contributed by atoms with E-state index in [4.69, 9.17) is 5.73 Å². The van der Waals surface area contributed by atoms with Gasteiger partial charge in [0.2, 0.25) is 0 Å². The molecule has 1 aliphatic rings. The fraction of sp³-hybridized carbons (Fsp3) is 0.333. The van der Waals surface area contributed by atoms with Crippen LogP contribution in [0.5, 0.6) is 0 Å². The van der Waals surface area contributed by atoms with Crippen LogP contribution in [-0.2, 0) is 0 Å². The van der Waals surface area contributed by atoms with Gasteiger partial charge < -0.3 is 5.73 Å². The molecule has 0 radical (unpaired) electrons. The molecule has 2 aromatic rings. The molecule has 0 amide bonds. The van der Waals surface area contributed by atoms with Gasteiger partial charge in [-0.1, -0.05) is 6.07 Å². The number of halogens is 2. The Hall–Kier alpha value is -1.26. The van der Waals surface area contributed by atoms with Gasteiger partial charge in [-0.05, 0) is 49.4 Å². The lowest BCUT2D eigenvalue weighted by Crippen LogP contribution is -2.10. The first-order valence-corrected chi connectivity index (χ1v) is 7.20. The number of hydrogen-bond acceptors (Lipinski definition) is 2. The second kappa shape index (κ2) is 4.69. The van der Waals surface area contributed by atoms with Crippen molar-refractivity contribution in [2.75, 3.05) is 0 Å². The van der Waals surface area contributed by atoms with Gasteiger partial charge in [-0.2, -0.15) is 0 Å². The third-order valence-electron chi connectivity index (χ3n) is 3.62. The van der Waals surface area contributed by atoms with E-state index >= 15 is 0 Å². The van der Waals surface area contributed by atoms with E-state index in [-0.39, 0.29) is 11.6 Å². The molecule has 1 unspecified atom stereocenters. The highest BCUT2D eigenvalue weighted by molar-refractivity contribution is 7.15. The van der Waals surface area contributed by atoms with E-state index in [2.05, 4.69) is 0 Å². The third-order valence-corrected chi connectivity index (χ3v) is 4.82. The van der Waals surface area contributed by atoms with Crippen LogP contribution < -0.4 is 5.73 Å². The summed E-state index contributed by atoms with van der Waals surface area (Å²) in [5.41, 5.74) is 6.65. The largest absolute Gasteiger partial charge is 0.323 e. The van der Waals surface area contributed by atoms with Gasteiger partial charge >= 0.3 is 0 Å². The standard InChI is InChI=1S/C15H15F2NS/c1-8-2-5-10(16)13(14(8)17)11-6-7-12(19-11)15(18)9-3-4-9/h2,5-7,9,15H,3-4,18H2,1H3. The van der Waals surface area contributed by atoms with Gasteiger partial charge in [0.1, 0.15) is 11.6 Å². The summed E-state index contributed by atoms with van der Waals surface area (Å²) in [5, 5.41) is 0. The molecular formula is C15H15F2NS. The van der Waals surface area contributed by atoms with Gasteiger partial charge in [-0.25, -0.2) is 8.78 Å². The van der Waals surface area contributed by atoms with Gasteiger partial charge in [0, 0.05) is 15.8 Å². The third kappa shape index (κ3) is 2.30. The minimum atomic E-state index is -0.517. The van der Waals surface area contributed by atoms with Crippen molar-refractivity contribution in [3.63, 3.8) is 0 Å². The van der Waals surface area contributed by atoms with E-state index in [1.165, 1.54) is 23.5 Å². The summed E-state index contributed by atoms with van der Waals surface area (Å²) in [4.78, 5) is 1.63. The molecule has 1 atom stereocenters. The maximum Gasteiger partial charge on any atom is 0.137 e. The summed E-state index contributed by atoms with van der Waals surface area (Å²) < 4.78 is 27.9. The van der Waals surface area contributed by atoms with Crippen molar-refractivity contribution in [2.45, 2.75) is 25.8 Å². The minimum Gasteiger partial charge on any atom is -0.323 e. The topological polar surface area (TPSA) is 26.0 Å². The molecule has 4 heteroatoms. The molecule has 0 saturated heterocycles. The molecule has 1 nitrogen and oxygen atoms in total. The number of benzene rings is 1. The zero-order chi connectivity index (χ0) is 13.6. The molecule has 1 aliphatic carbocycles. The molecule has 1 aromatic heterocycles. The fourth-order valence-corrected chi connectivity index (χ4v) is 3.38. The number of aryl methyl sites for hydroxylation is 1. The Morgan fingerprint density at radius 1 is 1.21 bits per heavy atom. The van der Waals surface area contributed by atoms with Crippen molar-refractivity contribution < 1.29 is 8.78 Å². The van der Waals surface area contributed by atoms with Crippen molar-refractivity contribution in [3.8, 4) is 10.4 Å². The Kier molecular flexibility index (Phi) is 3.15. The summed E-state index contributed by atoms with van der Waals surface area (Å²) in [6.07, 6.45) is 2.31. The Morgan fingerprint density at radius 3 is 2.63 bits per heavy atom. The fourth-order valence-electron chi connectivity index (χ4n) is 2.24. The van der Waals surface area contributed by atoms with Crippen LogP contribution in [0, 0.1) is 24.5 Å². The van der Waals surface area contributed by atoms with Gasteiger partial charge in [-0.3, -0.25) is 0 Å². The molecule has 19 heavy (non-hydrogen) atoms. The summed E-state index contributed by atoms with van der Waals surface area (Å²) in [6.45, 7) is 1.64. The lowest BCUT2D eigenvalue weighted by Gasteiger charge is -2.07. The molecule has 3 rings (SSSR count). The maximum atomic E-state index is 14.1. The number of hydrogen-bond donors (Lipinski definition) is 1. The number of thiophene rings is 1. The van der Waals surface area contributed by atoms with Crippen LogP contribution in [-0.4, -0.2) is 0 Å². The first-order valence-electron chi connectivity index (χ1n) is 6.38. The monoisotopic (exact) mass is 279 g/mol. The number of nitrogens with two attached hydrogens (primary N) is 1. The number of rotatable bonds is 3. The Balaban J connectivity index is 2.01. The molecule has 0 aliphatic heterocycles. The first kappa shape index (κ1) is 12.8. The highest BCUT2D eigenvalue weighted by Gasteiger charge is 2.30. The van der Waals surface area contributed by atoms with Crippen LogP contribution in [0.25, 0.3) is 10.4 Å². The van der Waals surface area contributed by atoms with E-state index in [1.807, 2.05) is 6.07 Å². The molecule has 100 valence electrons. The molecule has 0 spiro atoms. The smallest absolute Gasteiger partial charge is 0.137 e. The zero-order valence-corrected chi connectivity index (χ0v) is 11.4. The van der Waals surface area contributed by atoms with Gasteiger partial charge in [-0.15, -0.1) is 11.3 Å². The van der Waals surface area contributed by atoms with Crippen LogP contribution in [0.4, 0.5) is 8.78 Å². The molecule has 1 aromatic carbocycles. The molecule has 2 N–H and O–H groups in total. The van der Waals surface area contributed by atoms with Crippen molar-refractivity contribution in [3.05, 3.63) is 46.3 Å². The van der Waals surface area contributed by atoms with Gasteiger partial charge in [0.05, 0.1) is 5.56 Å². The van der Waals surface area contributed by atoms with E-state index < -0.39 is 11.6 Å². The SMILES string of the molecule is Cc1ccc(F)c(-c2ccc(C(N)C3CC3)s2)c1F. The second-order valence-electron chi connectivity index (χ2n) is 5.12. The highest BCUT2D eigenvalue weighted by atomic mass is 32.1. The van der Waals surface area contributed by atoms with Crippen LogP contribution in [0.1, 0.15) is 29.3 Å². The molecule has 1 heterocycles. The lowest BCUT2D eigenvalue weighted by molar-refractivity contribution is 0.584. The van der Waals surface area contributed by atoms with Crippen molar-refractivity contribution in [2.24, 2.45) is 11.7 Å². The predicted octanol–water partition coefficient (Wildman–Crippen LogP) is 4.41. The highest BCUT2D eigenvalue weighted by Crippen LogP contribution is 2.43. The van der Waals surface area contributed by atoms with Crippen LogP contribution in [0.15, 0.2) is 24.3 Å². The van der Waals surface area contributed by atoms with Crippen LogP contribution >= 0.6 is 11.3 Å². The summed E-state index contributed by atoms with van der Waals surface area (Å²) in [6, 6.07) is 6.44. The Bertz CT molecular complexity index is 617. The average molecular weight is 279 g/mol. The Morgan fingerprint density at radius 2 is 1.95 bits per heavy atom. The second-order valence-corrected chi connectivity index (χ2v) is 6.23. The summed E-state index contributed by atoms with van der Waals surface area (Å²) >= 11 is 1.39. The molecule has 0 bridgehead atoms. The predicted molar refractivity (Wildman–Crippen MR) is 74.1 cm³/mol. The minimum absolute atomic E-state index is 0.00896. The van der Waals surface area contributed by atoms with E-state index in [0.717, 1.165) is 17.7 Å². The quantitative estimate of drug-likeness (QED) is 0.884. The van der Waals surface area contributed by atoms with E-state index in [0.29, 0.717) is 16.4 Å². The molecule has 1 fully saturated rings. The lowest BCUT2D eigenvalue weighted by atomic mass is 10.1. The van der Waals surface area contributed by atoms with E-state index in [1.54, 1.807) is 13.0 Å². The average Bonchev–Trinajstić information content (AvgIpc) is 3.13. The van der Waals surface area contributed by atoms with Crippen molar-refractivity contribution in [1.82, 2.24) is 0 Å². The first-order chi connectivity index (χ1) is 9.08.